The zero-order chi connectivity index (χ0) is 20.4. The van der Waals surface area contributed by atoms with Crippen LogP contribution in [0.15, 0.2) is 47.1 Å². The molecule has 2 aromatic heterocycles. The molecule has 9 heteroatoms. The van der Waals surface area contributed by atoms with Gasteiger partial charge in [-0.25, -0.2) is 9.48 Å². The summed E-state index contributed by atoms with van der Waals surface area (Å²) in [4.78, 5) is 26.3. The van der Waals surface area contributed by atoms with Gasteiger partial charge in [0.05, 0.1) is 16.9 Å². The number of urea groups is 1. The lowest BCUT2D eigenvalue weighted by molar-refractivity contribution is 0.0998. The summed E-state index contributed by atoms with van der Waals surface area (Å²) in [6.07, 6.45) is 3.27. The van der Waals surface area contributed by atoms with Crippen molar-refractivity contribution in [3.05, 3.63) is 59.6 Å². The number of nitrogens with zero attached hydrogens (tertiary/aromatic N) is 4. The van der Waals surface area contributed by atoms with Crippen LogP contribution in [0, 0.1) is 6.92 Å². The van der Waals surface area contributed by atoms with Crippen LogP contribution < -0.4 is 11.1 Å². The second kappa shape index (κ2) is 7.78. The van der Waals surface area contributed by atoms with Gasteiger partial charge in [-0.05, 0) is 31.9 Å². The maximum atomic E-state index is 12.6. The molecule has 0 aliphatic carbocycles. The van der Waals surface area contributed by atoms with Crippen molar-refractivity contribution in [2.75, 3.05) is 18.4 Å². The largest absolute Gasteiger partial charge is 0.365 e. The van der Waals surface area contributed by atoms with Crippen LogP contribution in [-0.4, -0.2) is 44.9 Å². The van der Waals surface area contributed by atoms with Crippen LogP contribution in [0.1, 0.15) is 40.6 Å². The SMILES string of the molecule is Cc1cc(NC(=O)N2CCCC(c3nn(-c4ccccc4)cc3C(N)=O)C2)no1. The lowest BCUT2D eigenvalue weighted by atomic mass is 9.92. The van der Waals surface area contributed by atoms with E-state index in [2.05, 4.69) is 15.6 Å². The molecule has 1 aromatic carbocycles. The van der Waals surface area contributed by atoms with Crippen LogP contribution in [0.2, 0.25) is 0 Å². The molecule has 0 radical (unpaired) electrons. The van der Waals surface area contributed by atoms with Gasteiger partial charge in [0.25, 0.3) is 5.91 Å². The highest BCUT2D eigenvalue weighted by atomic mass is 16.5. The highest BCUT2D eigenvalue weighted by Crippen LogP contribution is 2.29. The number of hydrogen-bond acceptors (Lipinski definition) is 5. The van der Waals surface area contributed by atoms with Crippen LogP contribution in [-0.2, 0) is 0 Å². The Balaban J connectivity index is 1.55. The fourth-order valence-electron chi connectivity index (χ4n) is 3.59. The highest BCUT2D eigenvalue weighted by molar-refractivity contribution is 5.94. The standard InChI is InChI=1S/C20H22N6O3/c1-13-10-17(24-29-13)22-20(28)25-9-5-6-14(11-25)18-16(19(21)27)12-26(23-18)15-7-3-2-4-8-15/h2-4,7-8,10,12,14H,5-6,9,11H2,1H3,(H2,21,27)(H,22,24,28). The number of carbonyl (C=O) groups is 2. The second-order valence-corrected chi connectivity index (χ2v) is 7.11. The van der Waals surface area contributed by atoms with Crippen LogP contribution in [0.4, 0.5) is 10.6 Å². The smallest absolute Gasteiger partial charge is 0.323 e. The summed E-state index contributed by atoms with van der Waals surface area (Å²) in [7, 11) is 0. The minimum absolute atomic E-state index is 0.0824. The maximum Gasteiger partial charge on any atom is 0.323 e. The monoisotopic (exact) mass is 394 g/mol. The molecule has 3 heterocycles. The van der Waals surface area contributed by atoms with Gasteiger partial charge in [0.2, 0.25) is 0 Å². The lowest BCUT2D eigenvalue weighted by Gasteiger charge is -2.32. The summed E-state index contributed by atoms with van der Waals surface area (Å²) in [5, 5.41) is 11.2. The van der Waals surface area contributed by atoms with Gasteiger partial charge in [-0.1, -0.05) is 23.4 Å². The highest BCUT2D eigenvalue weighted by Gasteiger charge is 2.30. The fraction of sp³-hybridized carbons (Fsp3) is 0.300. The quantitative estimate of drug-likeness (QED) is 0.705. The topological polar surface area (TPSA) is 119 Å². The summed E-state index contributed by atoms with van der Waals surface area (Å²) in [5.41, 5.74) is 7.45. The second-order valence-electron chi connectivity index (χ2n) is 7.11. The molecular formula is C20H22N6O3. The molecule has 1 fully saturated rings. The number of carbonyl (C=O) groups excluding carboxylic acids is 2. The van der Waals surface area contributed by atoms with Gasteiger partial charge < -0.3 is 15.2 Å². The van der Waals surface area contributed by atoms with E-state index in [0.717, 1.165) is 18.5 Å². The van der Waals surface area contributed by atoms with E-state index < -0.39 is 5.91 Å². The van der Waals surface area contributed by atoms with E-state index in [1.54, 1.807) is 28.8 Å². The van der Waals surface area contributed by atoms with Crippen LogP contribution >= 0.6 is 0 Å². The first kappa shape index (κ1) is 18.7. The van der Waals surface area contributed by atoms with E-state index in [9.17, 15) is 9.59 Å². The average molecular weight is 394 g/mol. The number of rotatable bonds is 4. The molecule has 0 spiro atoms. The molecule has 150 valence electrons. The van der Waals surface area contributed by atoms with Gasteiger partial charge >= 0.3 is 6.03 Å². The number of piperidine rings is 1. The maximum absolute atomic E-state index is 12.6. The number of aryl methyl sites for hydroxylation is 1. The molecule has 3 aromatic rings. The van der Waals surface area contributed by atoms with Crippen molar-refractivity contribution >= 4 is 17.8 Å². The Labute approximate surface area is 167 Å². The number of nitrogens with two attached hydrogens (primary N) is 1. The number of aromatic nitrogens is 3. The Morgan fingerprint density at radius 1 is 1.28 bits per heavy atom. The Hall–Kier alpha value is -3.62. The molecule has 3 N–H and O–H groups in total. The van der Waals surface area contributed by atoms with Crippen molar-refractivity contribution in [1.29, 1.82) is 0 Å². The first-order valence-electron chi connectivity index (χ1n) is 9.45. The minimum atomic E-state index is -0.526. The minimum Gasteiger partial charge on any atom is -0.365 e. The molecule has 1 saturated heterocycles. The van der Waals surface area contributed by atoms with Gasteiger partial charge in [0, 0.05) is 31.3 Å². The zero-order valence-electron chi connectivity index (χ0n) is 16.0. The predicted molar refractivity (Wildman–Crippen MR) is 106 cm³/mol. The molecule has 1 unspecified atom stereocenters. The number of likely N-dealkylation sites (tertiary alicyclic amines) is 1. The summed E-state index contributed by atoms with van der Waals surface area (Å²) >= 11 is 0. The van der Waals surface area contributed by atoms with Crippen molar-refractivity contribution in [2.24, 2.45) is 5.73 Å². The molecular weight excluding hydrogens is 372 g/mol. The predicted octanol–water partition coefficient (Wildman–Crippen LogP) is 2.68. The zero-order valence-corrected chi connectivity index (χ0v) is 16.0. The molecule has 0 bridgehead atoms. The average Bonchev–Trinajstić information content (AvgIpc) is 3.35. The summed E-state index contributed by atoms with van der Waals surface area (Å²) in [6.45, 7) is 2.81. The van der Waals surface area contributed by atoms with E-state index >= 15 is 0 Å². The van der Waals surface area contributed by atoms with E-state index in [1.165, 1.54) is 0 Å². The van der Waals surface area contributed by atoms with E-state index in [1.807, 2.05) is 30.3 Å². The van der Waals surface area contributed by atoms with Crippen molar-refractivity contribution in [2.45, 2.75) is 25.7 Å². The fourth-order valence-corrected chi connectivity index (χ4v) is 3.59. The van der Waals surface area contributed by atoms with Gasteiger partial charge in [-0.3, -0.25) is 10.1 Å². The molecule has 1 atom stereocenters. The lowest BCUT2D eigenvalue weighted by Crippen LogP contribution is -2.42. The van der Waals surface area contributed by atoms with Crippen LogP contribution in [0.25, 0.3) is 5.69 Å². The van der Waals surface area contributed by atoms with Crippen molar-refractivity contribution < 1.29 is 14.1 Å². The third kappa shape index (κ3) is 3.98. The number of hydrogen-bond donors (Lipinski definition) is 2. The first-order chi connectivity index (χ1) is 14.0. The molecule has 3 amide bonds. The van der Waals surface area contributed by atoms with Crippen LogP contribution in [0.5, 0.6) is 0 Å². The van der Waals surface area contributed by atoms with Gasteiger partial charge in [-0.2, -0.15) is 5.10 Å². The van der Waals surface area contributed by atoms with Crippen molar-refractivity contribution in [3.8, 4) is 5.69 Å². The molecule has 4 rings (SSSR count). The first-order valence-corrected chi connectivity index (χ1v) is 9.45. The molecule has 1 aliphatic heterocycles. The number of primary amides is 1. The summed E-state index contributed by atoms with van der Waals surface area (Å²) < 4.78 is 6.64. The van der Waals surface area contributed by atoms with Gasteiger partial charge in [-0.15, -0.1) is 0 Å². The third-order valence-electron chi connectivity index (χ3n) is 4.99. The summed E-state index contributed by atoms with van der Waals surface area (Å²) in [6, 6.07) is 10.9. The number of nitrogens with one attached hydrogen (secondary N) is 1. The number of anilines is 1. The normalized spacial score (nSPS) is 16.6. The molecule has 0 saturated carbocycles. The number of amides is 3. The van der Waals surface area contributed by atoms with E-state index in [0.29, 0.717) is 35.9 Å². The van der Waals surface area contributed by atoms with E-state index in [-0.39, 0.29) is 11.9 Å². The van der Waals surface area contributed by atoms with Crippen molar-refractivity contribution in [1.82, 2.24) is 19.8 Å². The summed E-state index contributed by atoms with van der Waals surface area (Å²) in [5.74, 6) is 0.387. The number of para-hydroxylation sites is 1. The third-order valence-corrected chi connectivity index (χ3v) is 4.99. The van der Waals surface area contributed by atoms with Gasteiger partial charge in [0.15, 0.2) is 5.82 Å². The molecule has 9 nitrogen and oxygen atoms in total. The molecule has 1 aliphatic rings. The Morgan fingerprint density at radius 2 is 2.07 bits per heavy atom. The Bertz CT molecular complexity index is 1030. The molecule has 29 heavy (non-hydrogen) atoms. The van der Waals surface area contributed by atoms with E-state index in [4.69, 9.17) is 10.3 Å². The van der Waals surface area contributed by atoms with Crippen LogP contribution in [0.3, 0.4) is 0 Å². The van der Waals surface area contributed by atoms with Gasteiger partial charge in [0.1, 0.15) is 5.76 Å². The Morgan fingerprint density at radius 3 is 2.76 bits per heavy atom. The van der Waals surface area contributed by atoms with Crippen molar-refractivity contribution in [3.63, 3.8) is 0 Å². The number of benzene rings is 1. The Kier molecular flexibility index (Phi) is 5.03.